The number of aromatic nitrogens is 1. The molecule has 1 aromatic heterocycles. The number of aliphatic hydroxyl groups excluding tert-OH is 1. The van der Waals surface area contributed by atoms with Gasteiger partial charge in [-0.1, -0.05) is 73.5 Å². The number of pyridine rings is 1. The number of hydrogen-bond acceptors (Lipinski definition) is 8. The van der Waals surface area contributed by atoms with E-state index in [1.54, 1.807) is 13.3 Å². The molecule has 2 fully saturated rings. The first-order chi connectivity index (χ1) is 24.1. The van der Waals surface area contributed by atoms with Gasteiger partial charge in [-0.2, -0.15) is 0 Å². The Balaban J connectivity index is 0.975. The van der Waals surface area contributed by atoms with E-state index in [4.69, 9.17) is 15.2 Å². The third-order valence-corrected chi connectivity index (χ3v) is 10.7. The van der Waals surface area contributed by atoms with Gasteiger partial charge in [0.05, 0.1) is 20.3 Å². The lowest BCUT2D eigenvalue weighted by Crippen LogP contribution is -2.49. The van der Waals surface area contributed by atoms with Gasteiger partial charge in [0.25, 0.3) is 0 Å². The van der Waals surface area contributed by atoms with E-state index in [0.717, 1.165) is 120 Å². The van der Waals surface area contributed by atoms with Crippen LogP contribution in [-0.2, 0) is 21.5 Å². The van der Waals surface area contributed by atoms with E-state index in [1.165, 1.54) is 6.42 Å². The number of aliphatic hydroxyl groups is 1. The van der Waals surface area contributed by atoms with Crippen LogP contribution in [0.3, 0.4) is 0 Å². The maximum absolute atomic E-state index is 13.3. The minimum Gasteiger partial charge on any atom is -0.496 e. The zero-order chi connectivity index (χ0) is 34.3. The number of hydrogen-bond donors (Lipinski definition) is 2. The van der Waals surface area contributed by atoms with Gasteiger partial charge in [0.1, 0.15) is 11.2 Å². The van der Waals surface area contributed by atoms with Crippen LogP contribution < -0.4 is 10.5 Å². The Kier molecular flexibility index (Phi) is 14.4. The van der Waals surface area contributed by atoms with E-state index >= 15 is 0 Å². The maximum atomic E-state index is 13.3. The standard InChI is InChI=1S/C40H57N5O4/c1-48-38-16-20-42-30-33(38)31-43-23-18-37(19-24-43)45(25-27-46)21-10-2-3-11-28-49-29-26-44-22-17-36(32-44)40(39(41)47,34-12-6-4-7-13-34)35-14-8-5-9-15-35/h4-9,12-16,20,30,36-37,46H,2-3,10-11,17-19,21-29,31-32H2,1H3,(H2,41,47)/t36-/m1/s1. The first-order valence-electron chi connectivity index (χ1n) is 18.3. The van der Waals surface area contributed by atoms with Gasteiger partial charge in [-0.3, -0.25) is 19.6 Å². The number of carbonyl (C=O) groups is 1. The highest BCUT2D eigenvalue weighted by atomic mass is 16.5. The molecule has 1 atom stereocenters. The molecule has 0 aliphatic carbocycles. The van der Waals surface area contributed by atoms with E-state index in [2.05, 4.69) is 19.7 Å². The number of ether oxygens (including phenoxy) is 2. The number of nitrogens with two attached hydrogens (primary N) is 1. The Morgan fingerprint density at radius 1 is 0.898 bits per heavy atom. The molecule has 2 aliphatic rings. The fraction of sp³-hybridized carbons (Fsp3) is 0.550. The molecular formula is C40H57N5O4. The van der Waals surface area contributed by atoms with Crippen molar-refractivity contribution >= 4 is 5.91 Å². The maximum Gasteiger partial charge on any atom is 0.232 e. The molecule has 0 unspecified atom stereocenters. The lowest BCUT2D eigenvalue weighted by molar-refractivity contribution is -0.123. The molecule has 0 spiro atoms. The molecule has 9 nitrogen and oxygen atoms in total. The number of unbranched alkanes of at least 4 members (excludes halogenated alkanes) is 3. The summed E-state index contributed by atoms with van der Waals surface area (Å²) in [7, 11) is 1.71. The van der Waals surface area contributed by atoms with Gasteiger partial charge in [-0.15, -0.1) is 0 Å². The number of rotatable bonds is 20. The molecule has 1 amide bonds. The molecule has 2 aromatic carbocycles. The van der Waals surface area contributed by atoms with Crippen molar-refractivity contribution in [3.8, 4) is 5.75 Å². The van der Waals surface area contributed by atoms with E-state index in [1.807, 2.05) is 72.9 Å². The fourth-order valence-electron chi connectivity index (χ4n) is 8.10. The van der Waals surface area contributed by atoms with Crippen LogP contribution in [0.2, 0.25) is 0 Å². The quantitative estimate of drug-likeness (QED) is 0.167. The molecule has 2 aliphatic heterocycles. The summed E-state index contributed by atoms with van der Waals surface area (Å²) in [5.74, 6) is 0.722. The lowest BCUT2D eigenvalue weighted by Gasteiger charge is -2.38. The summed E-state index contributed by atoms with van der Waals surface area (Å²) in [6.45, 7) is 9.04. The molecule has 9 heteroatoms. The average molecular weight is 672 g/mol. The summed E-state index contributed by atoms with van der Waals surface area (Å²) >= 11 is 0. The van der Waals surface area contributed by atoms with Crippen LogP contribution >= 0.6 is 0 Å². The predicted molar refractivity (Wildman–Crippen MR) is 194 cm³/mol. The molecule has 3 heterocycles. The molecule has 3 N–H and O–H groups in total. The summed E-state index contributed by atoms with van der Waals surface area (Å²) in [5, 5.41) is 9.74. The average Bonchev–Trinajstić information content (AvgIpc) is 3.61. The monoisotopic (exact) mass is 671 g/mol. The van der Waals surface area contributed by atoms with Crippen molar-refractivity contribution in [2.75, 3.05) is 72.7 Å². The first-order valence-corrected chi connectivity index (χ1v) is 18.3. The second kappa shape index (κ2) is 19.2. The number of amides is 1. The summed E-state index contributed by atoms with van der Waals surface area (Å²) in [5.41, 5.74) is 8.49. The number of methoxy groups -OCH3 is 1. The highest BCUT2D eigenvalue weighted by Gasteiger charge is 2.49. The van der Waals surface area contributed by atoms with Gasteiger partial charge >= 0.3 is 0 Å². The summed E-state index contributed by atoms with van der Waals surface area (Å²) in [6, 6.07) is 22.6. The van der Waals surface area contributed by atoms with Crippen molar-refractivity contribution < 1.29 is 19.4 Å². The largest absolute Gasteiger partial charge is 0.496 e. The first kappa shape index (κ1) is 36.9. The summed E-state index contributed by atoms with van der Waals surface area (Å²) < 4.78 is 11.6. The molecule has 0 saturated carbocycles. The second-order valence-corrected chi connectivity index (χ2v) is 13.7. The number of primary amides is 1. The topological polar surface area (TPSA) is 104 Å². The van der Waals surface area contributed by atoms with Crippen LogP contribution in [0.1, 0.15) is 61.6 Å². The third kappa shape index (κ3) is 9.67. The van der Waals surface area contributed by atoms with Crippen LogP contribution in [-0.4, -0.2) is 109 Å². The van der Waals surface area contributed by atoms with Gasteiger partial charge in [-0.25, -0.2) is 0 Å². The van der Waals surface area contributed by atoms with Crippen LogP contribution in [0.5, 0.6) is 5.75 Å². The van der Waals surface area contributed by atoms with Gasteiger partial charge < -0.3 is 25.2 Å². The highest BCUT2D eigenvalue weighted by molar-refractivity contribution is 5.91. The summed E-state index contributed by atoms with van der Waals surface area (Å²) in [6.07, 6.45) is 11.4. The molecule has 0 radical (unpaired) electrons. The lowest BCUT2D eigenvalue weighted by atomic mass is 9.64. The second-order valence-electron chi connectivity index (χ2n) is 13.7. The van der Waals surface area contributed by atoms with Crippen molar-refractivity contribution in [3.05, 3.63) is 95.8 Å². The van der Waals surface area contributed by atoms with E-state index in [0.29, 0.717) is 12.6 Å². The minimum absolute atomic E-state index is 0.101. The molecule has 5 rings (SSSR count). The number of piperidine rings is 1. The van der Waals surface area contributed by atoms with Crippen LogP contribution in [0.4, 0.5) is 0 Å². The van der Waals surface area contributed by atoms with E-state index in [-0.39, 0.29) is 18.4 Å². The van der Waals surface area contributed by atoms with Crippen molar-refractivity contribution in [1.29, 1.82) is 0 Å². The number of carbonyl (C=O) groups excluding carboxylic acids is 1. The zero-order valence-electron chi connectivity index (χ0n) is 29.4. The van der Waals surface area contributed by atoms with Crippen molar-refractivity contribution in [2.24, 2.45) is 11.7 Å². The minimum atomic E-state index is -0.850. The Hall–Kier alpha value is -3.34. The predicted octanol–water partition coefficient (Wildman–Crippen LogP) is 4.72. The van der Waals surface area contributed by atoms with Crippen molar-refractivity contribution in [1.82, 2.24) is 19.7 Å². The van der Waals surface area contributed by atoms with Gasteiger partial charge in [0.15, 0.2) is 0 Å². The number of benzene rings is 2. The smallest absolute Gasteiger partial charge is 0.232 e. The van der Waals surface area contributed by atoms with Crippen LogP contribution in [0.25, 0.3) is 0 Å². The Bertz CT molecular complexity index is 1350. The van der Waals surface area contributed by atoms with Crippen LogP contribution in [0.15, 0.2) is 79.1 Å². The Morgan fingerprint density at radius 3 is 2.22 bits per heavy atom. The molecular weight excluding hydrogens is 614 g/mol. The molecule has 49 heavy (non-hydrogen) atoms. The van der Waals surface area contributed by atoms with Gasteiger partial charge in [-0.05, 0) is 81.4 Å². The van der Waals surface area contributed by atoms with E-state index < -0.39 is 5.41 Å². The third-order valence-electron chi connectivity index (χ3n) is 10.7. The molecule has 0 bridgehead atoms. The molecule has 3 aromatic rings. The van der Waals surface area contributed by atoms with Crippen molar-refractivity contribution in [3.63, 3.8) is 0 Å². The Labute approximate surface area is 293 Å². The van der Waals surface area contributed by atoms with Gasteiger partial charge in [0.2, 0.25) is 5.91 Å². The SMILES string of the molecule is COc1ccncc1CN1CCC(N(CCO)CCCCCCOCCN2CC[C@@H](C(C(N)=O)(c3ccccc3)c3ccccc3)C2)CC1. The highest BCUT2D eigenvalue weighted by Crippen LogP contribution is 2.43. The van der Waals surface area contributed by atoms with Crippen molar-refractivity contribution in [2.45, 2.75) is 62.9 Å². The Morgan fingerprint density at radius 2 is 1.57 bits per heavy atom. The van der Waals surface area contributed by atoms with Gasteiger partial charge in [0, 0.05) is 56.8 Å². The molecule has 266 valence electrons. The number of likely N-dealkylation sites (tertiary alicyclic amines) is 2. The summed E-state index contributed by atoms with van der Waals surface area (Å²) in [4.78, 5) is 25.0. The van der Waals surface area contributed by atoms with E-state index in [9.17, 15) is 9.90 Å². The molecule has 2 saturated heterocycles. The number of nitrogens with zero attached hydrogens (tertiary/aromatic N) is 4. The fourth-order valence-corrected chi connectivity index (χ4v) is 8.10. The normalized spacial score (nSPS) is 17.9. The van der Waals surface area contributed by atoms with Crippen LogP contribution in [0, 0.1) is 5.92 Å². The zero-order valence-corrected chi connectivity index (χ0v) is 29.4.